The van der Waals surface area contributed by atoms with E-state index in [2.05, 4.69) is 0 Å². The molecule has 0 aromatic carbocycles. The third-order valence-electron chi connectivity index (χ3n) is 4.62. The fourth-order valence-corrected chi connectivity index (χ4v) is 4.50. The smallest absolute Gasteiger partial charge is 0.324 e. The summed E-state index contributed by atoms with van der Waals surface area (Å²) in [6, 6.07) is 0. The number of carbonyl (C=O) groups excluding carboxylic acids is 1. The molecule has 4 fully saturated rings. The summed E-state index contributed by atoms with van der Waals surface area (Å²) in [5.74, 6) is 2.21. The van der Waals surface area contributed by atoms with Crippen LogP contribution in [0.25, 0.3) is 0 Å². The maximum absolute atomic E-state index is 11.7. The number of hydrogen-bond acceptors (Lipinski definition) is 2. The first-order chi connectivity index (χ1) is 7.56. The van der Waals surface area contributed by atoms with Gasteiger partial charge in [-0.15, -0.1) is 11.6 Å². The summed E-state index contributed by atoms with van der Waals surface area (Å²) in [5, 5.41) is -0.506. The molecule has 0 aromatic rings. The summed E-state index contributed by atoms with van der Waals surface area (Å²) in [6.45, 7) is 1.70. The van der Waals surface area contributed by atoms with Gasteiger partial charge in [0.15, 0.2) is 0 Å². The molecule has 0 spiro atoms. The van der Waals surface area contributed by atoms with Gasteiger partial charge in [-0.2, -0.15) is 0 Å². The molecule has 1 atom stereocenters. The van der Waals surface area contributed by atoms with Gasteiger partial charge in [-0.3, -0.25) is 4.79 Å². The molecule has 0 N–H and O–H groups in total. The standard InChI is InChI=1S/C13H19ClO2/c1-8(14)12(15)16-13-5-9-2-10(6-13)4-11(3-9)7-13/h8-11H,2-7H2,1H3. The molecule has 4 saturated carbocycles. The highest BCUT2D eigenvalue weighted by atomic mass is 35.5. The molecule has 0 aliphatic heterocycles. The SMILES string of the molecule is CC(Cl)C(=O)OC12CC3CC(CC(C3)C1)C2. The fraction of sp³-hybridized carbons (Fsp3) is 0.923. The lowest BCUT2D eigenvalue weighted by Crippen LogP contribution is -2.53. The molecule has 0 heterocycles. The number of hydrogen-bond donors (Lipinski definition) is 0. The molecule has 0 amide bonds. The minimum atomic E-state index is -0.506. The number of halogens is 1. The van der Waals surface area contributed by atoms with Crippen molar-refractivity contribution in [2.75, 3.05) is 0 Å². The van der Waals surface area contributed by atoms with Crippen LogP contribution in [-0.4, -0.2) is 16.9 Å². The lowest BCUT2D eigenvalue weighted by atomic mass is 9.54. The third-order valence-corrected chi connectivity index (χ3v) is 4.80. The summed E-state index contributed by atoms with van der Waals surface area (Å²) in [6.07, 6.45) is 7.38. The predicted octanol–water partition coefficient (Wildman–Crippen LogP) is 3.13. The highest BCUT2D eigenvalue weighted by Gasteiger charge is 2.53. The molecule has 4 bridgehead atoms. The molecule has 0 radical (unpaired) electrons. The highest BCUT2D eigenvalue weighted by Crippen LogP contribution is 2.57. The molecule has 4 rings (SSSR count). The number of carbonyl (C=O) groups is 1. The molecule has 16 heavy (non-hydrogen) atoms. The van der Waals surface area contributed by atoms with E-state index in [9.17, 15) is 4.79 Å². The van der Waals surface area contributed by atoms with Gasteiger partial charge in [0.1, 0.15) is 11.0 Å². The zero-order valence-corrected chi connectivity index (χ0v) is 10.5. The van der Waals surface area contributed by atoms with Gasteiger partial charge < -0.3 is 4.74 Å². The summed E-state index contributed by atoms with van der Waals surface area (Å²) in [7, 11) is 0. The van der Waals surface area contributed by atoms with E-state index < -0.39 is 5.38 Å². The topological polar surface area (TPSA) is 26.3 Å². The summed E-state index contributed by atoms with van der Waals surface area (Å²) < 4.78 is 5.74. The van der Waals surface area contributed by atoms with Gasteiger partial charge in [0.05, 0.1) is 0 Å². The van der Waals surface area contributed by atoms with Gasteiger partial charge in [-0.1, -0.05) is 0 Å². The Morgan fingerprint density at radius 2 is 1.62 bits per heavy atom. The second-order valence-electron chi connectivity index (χ2n) is 6.14. The van der Waals surface area contributed by atoms with Gasteiger partial charge in [0, 0.05) is 0 Å². The van der Waals surface area contributed by atoms with Crippen molar-refractivity contribution >= 4 is 17.6 Å². The van der Waals surface area contributed by atoms with Crippen molar-refractivity contribution in [1.29, 1.82) is 0 Å². The van der Waals surface area contributed by atoms with Crippen molar-refractivity contribution < 1.29 is 9.53 Å². The normalized spacial score (nSPS) is 46.8. The second kappa shape index (κ2) is 3.63. The fourth-order valence-electron chi connectivity index (χ4n) is 4.45. The Labute approximate surface area is 102 Å². The van der Waals surface area contributed by atoms with Crippen molar-refractivity contribution in [3.05, 3.63) is 0 Å². The lowest BCUT2D eigenvalue weighted by molar-refractivity contribution is -0.185. The van der Waals surface area contributed by atoms with E-state index in [-0.39, 0.29) is 11.6 Å². The number of ether oxygens (including phenoxy) is 1. The lowest BCUT2D eigenvalue weighted by Gasteiger charge is -2.55. The van der Waals surface area contributed by atoms with Gasteiger partial charge in [0.25, 0.3) is 0 Å². The Morgan fingerprint density at radius 3 is 2.00 bits per heavy atom. The predicted molar refractivity (Wildman–Crippen MR) is 62.3 cm³/mol. The largest absolute Gasteiger partial charge is 0.458 e. The van der Waals surface area contributed by atoms with E-state index in [4.69, 9.17) is 16.3 Å². The molecular weight excluding hydrogens is 224 g/mol. The van der Waals surface area contributed by atoms with Crippen molar-refractivity contribution in [2.45, 2.75) is 56.4 Å². The van der Waals surface area contributed by atoms with Crippen LogP contribution < -0.4 is 0 Å². The maximum Gasteiger partial charge on any atom is 0.324 e. The first kappa shape index (κ1) is 10.9. The van der Waals surface area contributed by atoms with Gasteiger partial charge >= 0.3 is 5.97 Å². The van der Waals surface area contributed by atoms with E-state index in [0.29, 0.717) is 0 Å². The van der Waals surface area contributed by atoms with Crippen molar-refractivity contribution in [3.8, 4) is 0 Å². The molecule has 0 aromatic heterocycles. The number of esters is 1. The van der Waals surface area contributed by atoms with Crippen LogP contribution >= 0.6 is 11.6 Å². The monoisotopic (exact) mass is 242 g/mol. The van der Waals surface area contributed by atoms with Crippen molar-refractivity contribution in [3.63, 3.8) is 0 Å². The van der Waals surface area contributed by atoms with Crippen LogP contribution in [0, 0.1) is 17.8 Å². The molecular formula is C13H19ClO2. The van der Waals surface area contributed by atoms with E-state index >= 15 is 0 Å². The van der Waals surface area contributed by atoms with Gasteiger partial charge in [0.2, 0.25) is 0 Å². The Bertz CT molecular complexity index is 276. The molecule has 4 aliphatic carbocycles. The van der Waals surface area contributed by atoms with Crippen LogP contribution in [0.4, 0.5) is 0 Å². The van der Waals surface area contributed by atoms with Crippen molar-refractivity contribution in [1.82, 2.24) is 0 Å². The van der Waals surface area contributed by atoms with Crippen LogP contribution in [0.5, 0.6) is 0 Å². The van der Waals surface area contributed by atoms with Crippen LogP contribution in [0.3, 0.4) is 0 Å². The van der Waals surface area contributed by atoms with E-state index in [1.54, 1.807) is 6.92 Å². The average Bonchev–Trinajstić information content (AvgIpc) is 2.13. The van der Waals surface area contributed by atoms with E-state index in [0.717, 1.165) is 37.0 Å². The zero-order chi connectivity index (χ0) is 11.3. The van der Waals surface area contributed by atoms with E-state index in [1.807, 2.05) is 0 Å². The Balaban J connectivity index is 1.76. The first-order valence-corrected chi connectivity index (χ1v) is 6.87. The van der Waals surface area contributed by atoms with Gasteiger partial charge in [-0.05, 0) is 63.2 Å². The second-order valence-corrected chi connectivity index (χ2v) is 6.79. The minimum absolute atomic E-state index is 0.130. The maximum atomic E-state index is 11.7. The molecule has 1 unspecified atom stereocenters. The first-order valence-electron chi connectivity index (χ1n) is 6.43. The van der Waals surface area contributed by atoms with E-state index in [1.165, 1.54) is 19.3 Å². The minimum Gasteiger partial charge on any atom is -0.458 e. The summed E-state index contributed by atoms with van der Waals surface area (Å²) >= 11 is 5.79. The van der Waals surface area contributed by atoms with Crippen LogP contribution in [-0.2, 0) is 9.53 Å². The Kier molecular flexibility index (Phi) is 2.47. The molecule has 2 nitrogen and oxygen atoms in total. The van der Waals surface area contributed by atoms with Crippen LogP contribution in [0.1, 0.15) is 45.4 Å². The Hall–Kier alpha value is -0.240. The number of alkyl halides is 1. The molecule has 4 aliphatic rings. The third kappa shape index (κ3) is 1.75. The number of rotatable bonds is 2. The average molecular weight is 243 g/mol. The quantitative estimate of drug-likeness (QED) is 0.549. The van der Waals surface area contributed by atoms with Crippen LogP contribution in [0.2, 0.25) is 0 Å². The molecule has 0 saturated heterocycles. The Morgan fingerprint density at radius 1 is 1.19 bits per heavy atom. The summed E-state index contributed by atoms with van der Waals surface area (Å²) in [4.78, 5) is 11.7. The zero-order valence-electron chi connectivity index (χ0n) is 9.75. The highest BCUT2D eigenvalue weighted by molar-refractivity contribution is 6.29. The molecule has 90 valence electrons. The molecule has 3 heteroatoms. The van der Waals surface area contributed by atoms with Gasteiger partial charge in [-0.25, -0.2) is 0 Å². The van der Waals surface area contributed by atoms with Crippen molar-refractivity contribution in [2.24, 2.45) is 17.8 Å². The van der Waals surface area contributed by atoms with Crippen LogP contribution in [0.15, 0.2) is 0 Å². The summed E-state index contributed by atoms with van der Waals surface area (Å²) in [5.41, 5.74) is -0.130.